The number of amides is 3. The Morgan fingerprint density at radius 1 is 1.21 bits per heavy atom. The Balaban J connectivity index is 2.13. The molecular weight excluding hydrogens is 374 g/mol. The van der Waals surface area contributed by atoms with Crippen molar-refractivity contribution < 1.29 is 24.7 Å². The summed E-state index contributed by atoms with van der Waals surface area (Å²) >= 11 is 0. The first kappa shape index (κ1) is 22.0. The standard InChI is InChI=1S/C21H23N3O5/c1-21(19(27)22-2,20(28)23-29)24(3)18(26)15-10-8-14(9-11-15)6-4-5-7-16-12-17(16)13-25/h8-11,16-17,25,29H,12-13H2,1-3H3,(H,22,27)(H,23,28). The Morgan fingerprint density at radius 3 is 2.38 bits per heavy atom. The number of carbonyl (C=O) groups is 3. The lowest BCUT2D eigenvalue weighted by molar-refractivity contribution is -0.148. The molecule has 1 aliphatic carbocycles. The van der Waals surface area contributed by atoms with E-state index < -0.39 is 23.3 Å². The molecule has 0 radical (unpaired) electrons. The first-order valence-corrected chi connectivity index (χ1v) is 8.96. The average molecular weight is 397 g/mol. The number of nitrogens with one attached hydrogen (secondary N) is 2. The van der Waals surface area contributed by atoms with Crippen molar-refractivity contribution in [2.45, 2.75) is 18.9 Å². The van der Waals surface area contributed by atoms with E-state index >= 15 is 0 Å². The van der Waals surface area contributed by atoms with Crippen LogP contribution >= 0.6 is 0 Å². The monoisotopic (exact) mass is 397 g/mol. The summed E-state index contributed by atoms with van der Waals surface area (Å²) in [5.74, 6) is 9.47. The Hall–Kier alpha value is -3.33. The fraction of sp³-hybridized carbons (Fsp3) is 0.381. The van der Waals surface area contributed by atoms with Gasteiger partial charge in [0, 0.05) is 37.7 Å². The van der Waals surface area contributed by atoms with E-state index in [1.54, 1.807) is 12.1 Å². The van der Waals surface area contributed by atoms with Gasteiger partial charge in [-0.25, -0.2) is 5.48 Å². The van der Waals surface area contributed by atoms with Crippen LogP contribution in [0.25, 0.3) is 0 Å². The number of hydroxylamine groups is 1. The summed E-state index contributed by atoms with van der Waals surface area (Å²) in [4.78, 5) is 37.9. The van der Waals surface area contributed by atoms with Crippen LogP contribution in [-0.4, -0.2) is 59.2 Å². The predicted octanol–water partition coefficient (Wildman–Crippen LogP) is -0.248. The Labute approximate surface area is 169 Å². The summed E-state index contributed by atoms with van der Waals surface area (Å²) in [6.45, 7) is 1.38. The smallest absolute Gasteiger partial charge is 0.278 e. The van der Waals surface area contributed by atoms with E-state index in [1.807, 2.05) is 0 Å². The van der Waals surface area contributed by atoms with Gasteiger partial charge in [-0.05, 0) is 55.4 Å². The molecule has 3 amide bonds. The van der Waals surface area contributed by atoms with Crippen LogP contribution in [0, 0.1) is 35.5 Å². The molecule has 0 aliphatic heterocycles. The highest BCUT2D eigenvalue weighted by molar-refractivity contribution is 6.12. The number of hydrogen-bond acceptors (Lipinski definition) is 5. The fourth-order valence-corrected chi connectivity index (χ4v) is 2.71. The molecule has 0 heterocycles. The normalized spacial score (nSPS) is 18.7. The summed E-state index contributed by atoms with van der Waals surface area (Å²) < 4.78 is 0. The third kappa shape index (κ3) is 4.75. The number of benzene rings is 1. The van der Waals surface area contributed by atoms with Crippen molar-refractivity contribution >= 4 is 17.7 Å². The molecule has 1 aliphatic rings. The number of carbonyl (C=O) groups excluding carboxylic acids is 3. The number of aliphatic hydroxyl groups excluding tert-OH is 1. The molecule has 8 heteroatoms. The molecule has 1 aromatic carbocycles. The van der Waals surface area contributed by atoms with Crippen LogP contribution in [0.5, 0.6) is 0 Å². The summed E-state index contributed by atoms with van der Waals surface area (Å²) in [6.07, 6.45) is 0.902. The molecular formula is C21H23N3O5. The van der Waals surface area contributed by atoms with E-state index in [0.29, 0.717) is 5.56 Å². The minimum atomic E-state index is -1.94. The van der Waals surface area contributed by atoms with Gasteiger partial charge in [-0.2, -0.15) is 0 Å². The molecule has 29 heavy (non-hydrogen) atoms. The van der Waals surface area contributed by atoms with Gasteiger partial charge < -0.3 is 15.3 Å². The molecule has 1 saturated carbocycles. The molecule has 4 N–H and O–H groups in total. The molecule has 3 atom stereocenters. The lowest BCUT2D eigenvalue weighted by Gasteiger charge is -2.34. The molecule has 0 aromatic heterocycles. The minimum Gasteiger partial charge on any atom is -0.396 e. The van der Waals surface area contributed by atoms with Crippen LogP contribution in [0.3, 0.4) is 0 Å². The maximum atomic E-state index is 12.8. The van der Waals surface area contributed by atoms with Gasteiger partial charge in [-0.15, -0.1) is 0 Å². The third-order valence-electron chi connectivity index (χ3n) is 5.00. The van der Waals surface area contributed by atoms with Gasteiger partial charge in [-0.3, -0.25) is 19.6 Å². The summed E-state index contributed by atoms with van der Waals surface area (Å²) in [5, 5.41) is 20.2. The van der Waals surface area contributed by atoms with Gasteiger partial charge in [0.15, 0.2) is 5.54 Å². The number of likely N-dealkylation sites (N-methyl/N-ethyl adjacent to an activating group) is 2. The number of nitrogens with zero attached hydrogens (tertiary/aromatic N) is 1. The second-order valence-electron chi connectivity index (χ2n) is 6.84. The van der Waals surface area contributed by atoms with Crippen molar-refractivity contribution in [2.24, 2.45) is 11.8 Å². The van der Waals surface area contributed by atoms with Gasteiger partial charge in [0.2, 0.25) is 0 Å². The fourth-order valence-electron chi connectivity index (χ4n) is 2.71. The van der Waals surface area contributed by atoms with Crippen LogP contribution in [0.1, 0.15) is 29.3 Å². The Morgan fingerprint density at radius 2 is 1.86 bits per heavy atom. The van der Waals surface area contributed by atoms with E-state index in [9.17, 15) is 14.4 Å². The van der Waals surface area contributed by atoms with Crippen molar-refractivity contribution in [3.8, 4) is 23.7 Å². The maximum absolute atomic E-state index is 12.8. The van der Waals surface area contributed by atoms with Gasteiger partial charge in [0.05, 0.1) is 0 Å². The van der Waals surface area contributed by atoms with Gasteiger partial charge >= 0.3 is 0 Å². The highest BCUT2D eigenvalue weighted by Crippen LogP contribution is 2.36. The summed E-state index contributed by atoms with van der Waals surface area (Å²) in [6, 6.07) is 6.32. The maximum Gasteiger partial charge on any atom is 0.278 e. The van der Waals surface area contributed by atoms with E-state index in [0.717, 1.165) is 11.3 Å². The quantitative estimate of drug-likeness (QED) is 0.237. The molecule has 8 nitrogen and oxygen atoms in total. The van der Waals surface area contributed by atoms with Crippen molar-refractivity contribution in [1.82, 2.24) is 15.7 Å². The molecule has 1 fully saturated rings. The zero-order valence-corrected chi connectivity index (χ0v) is 16.4. The van der Waals surface area contributed by atoms with E-state index in [-0.39, 0.29) is 24.0 Å². The minimum absolute atomic E-state index is 0.148. The van der Waals surface area contributed by atoms with Crippen molar-refractivity contribution in [3.05, 3.63) is 35.4 Å². The molecule has 0 spiro atoms. The lowest BCUT2D eigenvalue weighted by atomic mass is 9.96. The van der Waals surface area contributed by atoms with Crippen LogP contribution in [0.15, 0.2) is 24.3 Å². The van der Waals surface area contributed by atoms with Crippen molar-refractivity contribution in [2.75, 3.05) is 20.7 Å². The highest BCUT2D eigenvalue weighted by Gasteiger charge is 2.47. The average Bonchev–Trinajstić information content (AvgIpc) is 3.52. The summed E-state index contributed by atoms with van der Waals surface area (Å²) in [7, 11) is 2.63. The third-order valence-corrected chi connectivity index (χ3v) is 5.00. The topological polar surface area (TPSA) is 119 Å². The van der Waals surface area contributed by atoms with Crippen molar-refractivity contribution in [1.29, 1.82) is 0 Å². The zero-order valence-electron chi connectivity index (χ0n) is 16.4. The SMILES string of the molecule is CNC(=O)C(C)(C(=O)NO)N(C)C(=O)c1ccc(C#CC#CC2CC2CO)cc1. The molecule has 1 aromatic rings. The molecule has 2 rings (SSSR count). The molecule has 3 unspecified atom stereocenters. The molecule has 0 bridgehead atoms. The first-order chi connectivity index (χ1) is 13.8. The first-order valence-electron chi connectivity index (χ1n) is 8.96. The molecule has 0 saturated heterocycles. The van der Waals surface area contributed by atoms with E-state index in [2.05, 4.69) is 29.0 Å². The molecule has 152 valence electrons. The van der Waals surface area contributed by atoms with E-state index in [4.69, 9.17) is 10.3 Å². The second kappa shape index (κ2) is 9.24. The van der Waals surface area contributed by atoms with Gasteiger partial charge in [0.1, 0.15) is 0 Å². The largest absolute Gasteiger partial charge is 0.396 e. The van der Waals surface area contributed by atoms with Crippen LogP contribution in [-0.2, 0) is 9.59 Å². The Bertz CT molecular complexity index is 902. The number of hydrogen-bond donors (Lipinski definition) is 4. The van der Waals surface area contributed by atoms with E-state index in [1.165, 1.54) is 38.6 Å². The highest BCUT2D eigenvalue weighted by atomic mass is 16.5. The van der Waals surface area contributed by atoms with Crippen LogP contribution in [0.4, 0.5) is 0 Å². The van der Waals surface area contributed by atoms with Crippen LogP contribution < -0.4 is 10.8 Å². The number of rotatable bonds is 5. The van der Waals surface area contributed by atoms with Gasteiger partial charge in [-0.1, -0.05) is 11.8 Å². The number of aliphatic hydroxyl groups is 1. The second-order valence-corrected chi connectivity index (χ2v) is 6.84. The van der Waals surface area contributed by atoms with Gasteiger partial charge in [0.25, 0.3) is 17.7 Å². The predicted molar refractivity (Wildman–Crippen MR) is 104 cm³/mol. The van der Waals surface area contributed by atoms with Crippen LogP contribution in [0.2, 0.25) is 0 Å². The Kier molecular flexibility index (Phi) is 7.00. The lowest BCUT2D eigenvalue weighted by Crippen LogP contribution is -2.64. The summed E-state index contributed by atoms with van der Waals surface area (Å²) in [5.41, 5.74) is 0.378. The zero-order chi connectivity index (χ0) is 21.6. The van der Waals surface area contributed by atoms with Crippen molar-refractivity contribution in [3.63, 3.8) is 0 Å².